The predicted octanol–water partition coefficient (Wildman–Crippen LogP) is 3.37. The van der Waals surface area contributed by atoms with Gasteiger partial charge in [0, 0.05) is 0 Å². The second kappa shape index (κ2) is 6.03. The normalized spacial score (nSPS) is 9.79. The van der Waals surface area contributed by atoms with Gasteiger partial charge < -0.3 is 0 Å². The Balaban J connectivity index is 2.19. The Morgan fingerprint density at radius 2 is 1.11 bits per heavy atom. The molecule has 92 valence electrons. The molecule has 2 nitrogen and oxygen atoms in total. The van der Waals surface area contributed by atoms with Crippen molar-refractivity contribution < 1.29 is 26.7 Å². The molecule has 19 heavy (non-hydrogen) atoms. The van der Waals surface area contributed by atoms with Crippen LogP contribution in [0.25, 0.3) is 0 Å². The van der Waals surface area contributed by atoms with Crippen molar-refractivity contribution in [1.82, 2.24) is 0 Å². The molecule has 0 saturated carbocycles. The first kappa shape index (κ1) is 13.8. The fourth-order valence-corrected chi connectivity index (χ4v) is 5.18. The van der Waals surface area contributed by atoms with Gasteiger partial charge in [-0.1, -0.05) is 0 Å². The summed E-state index contributed by atoms with van der Waals surface area (Å²) in [5, 5.41) is 0. The number of carbonyl (C=O) groups excluding carboxylic acids is 2. The Hall–Kier alpha value is -1.60. The Bertz CT molecular complexity index is 577. The Morgan fingerprint density at radius 1 is 0.737 bits per heavy atom. The van der Waals surface area contributed by atoms with Gasteiger partial charge in [-0.15, -0.1) is 0 Å². The summed E-state index contributed by atoms with van der Waals surface area (Å²) in [4.78, 5) is 24.4. The second-order valence-electron chi connectivity index (χ2n) is 4.65. The fraction of sp³-hybridized carbons (Fsp3) is 0.125. The Morgan fingerprint density at radius 3 is 1.47 bits per heavy atom. The molecule has 0 fully saturated rings. The average Bonchev–Trinajstić information content (AvgIpc) is 2.39. The summed E-state index contributed by atoms with van der Waals surface area (Å²) in [6, 6.07) is 15.0. The van der Waals surface area contributed by atoms with Crippen molar-refractivity contribution in [3.63, 3.8) is 0 Å². The van der Waals surface area contributed by atoms with Crippen molar-refractivity contribution in [3.05, 3.63) is 70.8 Å². The van der Waals surface area contributed by atoms with Crippen molar-refractivity contribution in [2.24, 2.45) is 0 Å². The molecular formula is C16H14O2Zn. The molecule has 0 unspecified atom stereocenters. The molecule has 2 rings (SSSR count). The van der Waals surface area contributed by atoms with E-state index in [4.69, 9.17) is 0 Å². The minimum atomic E-state index is -1.94. The maximum atomic E-state index is 12.2. The molecule has 0 aliphatic rings. The molecule has 0 aromatic heterocycles. The first-order valence-electron chi connectivity index (χ1n) is 6.27. The van der Waals surface area contributed by atoms with E-state index in [0.717, 1.165) is 11.1 Å². The summed E-state index contributed by atoms with van der Waals surface area (Å²) in [7, 11) is 0. The summed E-state index contributed by atoms with van der Waals surface area (Å²) in [6.07, 6.45) is 0. The number of carbonyl (C=O) groups is 2. The number of rotatable bonds is 4. The zero-order valence-corrected chi connectivity index (χ0v) is 14.1. The van der Waals surface area contributed by atoms with Crippen LogP contribution in [0.3, 0.4) is 0 Å². The summed E-state index contributed by atoms with van der Waals surface area (Å²) >= 11 is -1.94. The van der Waals surface area contributed by atoms with Gasteiger partial charge in [0.1, 0.15) is 0 Å². The molecular weight excluding hydrogens is 290 g/mol. The van der Waals surface area contributed by atoms with Crippen molar-refractivity contribution in [2.45, 2.75) is 13.8 Å². The quantitative estimate of drug-likeness (QED) is 0.812. The van der Waals surface area contributed by atoms with Crippen LogP contribution in [0.5, 0.6) is 0 Å². The van der Waals surface area contributed by atoms with Gasteiger partial charge in [0.05, 0.1) is 0 Å². The summed E-state index contributed by atoms with van der Waals surface area (Å²) in [5.74, 6) is 0. The summed E-state index contributed by atoms with van der Waals surface area (Å²) in [5.41, 5.74) is 3.33. The SMILES string of the molecule is Cc1ccccc1[C](=O)[Zn][C](=O)c1ccccc1C. The third kappa shape index (κ3) is 3.24. The van der Waals surface area contributed by atoms with E-state index < -0.39 is 17.1 Å². The van der Waals surface area contributed by atoms with Crippen LogP contribution in [0, 0.1) is 13.8 Å². The first-order valence-corrected chi connectivity index (χ1v) is 9.24. The van der Waals surface area contributed by atoms with Gasteiger partial charge in [-0.05, 0) is 0 Å². The van der Waals surface area contributed by atoms with Crippen molar-refractivity contribution in [2.75, 3.05) is 0 Å². The molecule has 2 aromatic carbocycles. The average molecular weight is 304 g/mol. The zero-order chi connectivity index (χ0) is 13.8. The molecule has 0 bridgehead atoms. The molecule has 3 heteroatoms. The van der Waals surface area contributed by atoms with E-state index >= 15 is 0 Å². The van der Waals surface area contributed by atoms with E-state index in [9.17, 15) is 9.59 Å². The molecule has 0 aliphatic heterocycles. The van der Waals surface area contributed by atoms with Crippen LogP contribution in [-0.2, 0) is 17.1 Å². The summed E-state index contributed by atoms with van der Waals surface area (Å²) < 4.78 is 0.137. The van der Waals surface area contributed by atoms with Gasteiger partial charge in [-0.3, -0.25) is 0 Å². The van der Waals surface area contributed by atoms with E-state index in [1.54, 1.807) is 0 Å². The van der Waals surface area contributed by atoms with Crippen LogP contribution in [0.1, 0.15) is 31.8 Å². The number of hydrogen-bond acceptors (Lipinski definition) is 2. The van der Waals surface area contributed by atoms with Gasteiger partial charge >= 0.3 is 120 Å². The molecule has 0 amide bonds. The zero-order valence-electron chi connectivity index (χ0n) is 11.1. The number of hydrogen-bond donors (Lipinski definition) is 0. The molecule has 0 atom stereocenters. The van der Waals surface area contributed by atoms with Crippen molar-refractivity contribution >= 4 is 8.76 Å². The van der Waals surface area contributed by atoms with Crippen LogP contribution in [-0.4, -0.2) is 8.76 Å². The first-order chi connectivity index (χ1) is 9.09. The molecule has 0 spiro atoms. The molecule has 0 N–H and O–H groups in total. The van der Waals surface area contributed by atoms with Gasteiger partial charge in [0.15, 0.2) is 0 Å². The second-order valence-corrected chi connectivity index (χ2v) is 8.09. The van der Waals surface area contributed by atoms with Crippen LogP contribution in [0.4, 0.5) is 0 Å². The molecule has 0 saturated heterocycles. The minimum absolute atomic E-state index is 0.0684. The summed E-state index contributed by atoms with van der Waals surface area (Å²) in [6.45, 7) is 3.82. The molecule has 0 heterocycles. The monoisotopic (exact) mass is 302 g/mol. The van der Waals surface area contributed by atoms with E-state index in [-0.39, 0.29) is 8.76 Å². The maximum absolute atomic E-state index is 12.2. The fourth-order valence-electron chi connectivity index (χ4n) is 2.11. The third-order valence-corrected chi connectivity index (χ3v) is 6.16. The topological polar surface area (TPSA) is 34.1 Å². The van der Waals surface area contributed by atoms with Crippen LogP contribution in [0.2, 0.25) is 0 Å². The van der Waals surface area contributed by atoms with Gasteiger partial charge in [-0.2, -0.15) is 0 Å². The van der Waals surface area contributed by atoms with Crippen LogP contribution >= 0.6 is 0 Å². The number of aryl methyl sites for hydroxylation is 2. The standard InChI is InChI=1S/2C8H7O.Zn/c2*1-7-4-2-3-5-8(7)6-9;/h2*2-5H,1H3;. The van der Waals surface area contributed by atoms with E-state index in [1.165, 1.54) is 0 Å². The van der Waals surface area contributed by atoms with Crippen molar-refractivity contribution in [1.29, 1.82) is 0 Å². The van der Waals surface area contributed by atoms with Crippen molar-refractivity contribution in [3.8, 4) is 0 Å². The number of benzene rings is 2. The van der Waals surface area contributed by atoms with Crippen LogP contribution < -0.4 is 0 Å². The molecule has 2 aromatic rings. The van der Waals surface area contributed by atoms with E-state index in [1.807, 2.05) is 62.4 Å². The Kier molecular flexibility index (Phi) is 4.39. The van der Waals surface area contributed by atoms with E-state index in [2.05, 4.69) is 0 Å². The van der Waals surface area contributed by atoms with E-state index in [0.29, 0.717) is 11.1 Å². The van der Waals surface area contributed by atoms with Gasteiger partial charge in [-0.25, -0.2) is 0 Å². The Labute approximate surface area is 120 Å². The molecule has 0 aliphatic carbocycles. The molecule has 0 radical (unpaired) electrons. The van der Waals surface area contributed by atoms with Crippen LogP contribution in [0.15, 0.2) is 48.5 Å². The van der Waals surface area contributed by atoms with Gasteiger partial charge in [0.25, 0.3) is 0 Å². The third-order valence-electron chi connectivity index (χ3n) is 3.21. The van der Waals surface area contributed by atoms with Gasteiger partial charge in [0.2, 0.25) is 0 Å². The predicted molar refractivity (Wildman–Crippen MR) is 71.0 cm³/mol.